The van der Waals surface area contributed by atoms with Crippen LogP contribution in [0.3, 0.4) is 0 Å². The average Bonchev–Trinajstić information content (AvgIpc) is 3.16. The van der Waals surface area contributed by atoms with E-state index >= 15 is 0 Å². The summed E-state index contributed by atoms with van der Waals surface area (Å²) in [7, 11) is 0. The molecule has 0 saturated carbocycles. The fraction of sp³-hybridized carbons (Fsp3) is 0.0952. The van der Waals surface area contributed by atoms with Crippen molar-refractivity contribution in [1.29, 1.82) is 0 Å². The highest BCUT2D eigenvalue weighted by Crippen LogP contribution is 2.30. The van der Waals surface area contributed by atoms with Crippen molar-refractivity contribution in [2.24, 2.45) is 0 Å². The number of aromatic nitrogens is 3. The maximum atomic E-state index is 13.1. The van der Waals surface area contributed by atoms with E-state index in [2.05, 4.69) is 24.2 Å². The van der Waals surface area contributed by atoms with Gasteiger partial charge in [0.25, 0.3) is 5.91 Å². The Labute approximate surface area is 145 Å². The molecule has 0 atom stereocenters. The molecule has 0 aliphatic rings. The second kappa shape index (κ2) is 5.98. The van der Waals surface area contributed by atoms with Crippen LogP contribution in [0.1, 0.15) is 21.5 Å². The molecule has 0 fully saturated rings. The van der Waals surface area contributed by atoms with E-state index in [-0.39, 0.29) is 5.91 Å². The summed E-state index contributed by atoms with van der Waals surface area (Å²) in [5.41, 5.74) is 5.33. The summed E-state index contributed by atoms with van der Waals surface area (Å²) in [6.45, 7) is 4.00. The molecule has 0 amide bonds. The SMILES string of the molecule is Cc1ccc(-c2nc3ccccc3c(C(=O)n3cccn3)c2C)cc1. The predicted octanol–water partition coefficient (Wildman–Crippen LogP) is 4.40. The Balaban J connectivity index is 2.01. The number of para-hydroxylation sites is 1. The number of benzene rings is 2. The van der Waals surface area contributed by atoms with Gasteiger partial charge in [-0.1, -0.05) is 48.0 Å². The number of hydrogen-bond donors (Lipinski definition) is 0. The highest BCUT2D eigenvalue weighted by atomic mass is 16.2. The Morgan fingerprint density at radius 3 is 2.44 bits per heavy atom. The first-order chi connectivity index (χ1) is 12.1. The topological polar surface area (TPSA) is 47.8 Å². The molecule has 4 aromatic rings. The van der Waals surface area contributed by atoms with Gasteiger partial charge >= 0.3 is 0 Å². The van der Waals surface area contributed by atoms with Crippen molar-refractivity contribution in [2.45, 2.75) is 13.8 Å². The second-order valence-corrected chi connectivity index (χ2v) is 6.10. The average molecular weight is 327 g/mol. The summed E-state index contributed by atoms with van der Waals surface area (Å²) in [4.78, 5) is 17.9. The lowest BCUT2D eigenvalue weighted by atomic mass is 9.97. The number of pyridine rings is 1. The largest absolute Gasteiger partial charge is 0.279 e. The molecule has 2 aromatic carbocycles. The van der Waals surface area contributed by atoms with Crippen molar-refractivity contribution < 1.29 is 4.79 Å². The van der Waals surface area contributed by atoms with Crippen LogP contribution in [0.2, 0.25) is 0 Å². The molecule has 0 aliphatic heterocycles. The number of aryl methyl sites for hydroxylation is 1. The molecule has 0 unspecified atom stereocenters. The van der Waals surface area contributed by atoms with Crippen molar-refractivity contribution in [3.05, 3.63) is 83.7 Å². The normalized spacial score (nSPS) is 11.0. The molecule has 0 bridgehead atoms. The molecule has 4 rings (SSSR count). The molecule has 0 radical (unpaired) electrons. The molecule has 25 heavy (non-hydrogen) atoms. The number of rotatable bonds is 2. The number of nitrogens with zero attached hydrogens (tertiary/aromatic N) is 3. The van der Waals surface area contributed by atoms with Crippen LogP contribution in [0.4, 0.5) is 0 Å². The second-order valence-electron chi connectivity index (χ2n) is 6.10. The zero-order chi connectivity index (χ0) is 17.4. The highest BCUT2D eigenvalue weighted by Gasteiger charge is 2.20. The van der Waals surface area contributed by atoms with Gasteiger partial charge in [-0.05, 0) is 31.5 Å². The van der Waals surface area contributed by atoms with Crippen molar-refractivity contribution >= 4 is 16.8 Å². The van der Waals surface area contributed by atoms with E-state index in [9.17, 15) is 4.79 Å². The van der Waals surface area contributed by atoms with Crippen LogP contribution >= 0.6 is 0 Å². The van der Waals surface area contributed by atoms with Crippen molar-refractivity contribution in [1.82, 2.24) is 14.8 Å². The fourth-order valence-electron chi connectivity index (χ4n) is 3.08. The molecule has 2 heterocycles. The summed E-state index contributed by atoms with van der Waals surface area (Å²) in [5.74, 6) is -0.144. The minimum atomic E-state index is -0.144. The van der Waals surface area contributed by atoms with Crippen LogP contribution < -0.4 is 0 Å². The van der Waals surface area contributed by atoms with E-state index in [1.165, 1.54) is 10.2 Å². The molecule has 4 heteroatoms. The first kappa shape index (κ1) is 15.3. The summed E-state index contributed by atoms with van der Waals surface area (Å²) in [6.07, 6.45) is 3.28. The van der Waals surface area contributed by atoms with Gasteiger partial charge in [0.05, 0.1) is 16.8 Å². The van der Waals surface area contributed by atoms with Crippen LogP contribution in [0.15, 0.2) is 67.0 Å². The number of hydrogen-bond acceptors (Lipinski definition) is 3. The molecule has 0 spiro atoms. The van der Waals surface area contributed by atoms with Gasteiger partial charge < -0.3 is 0 Å². The van der Waals surface area contributed by atoms with Crippen molar-refractivity contribution in [3.63, 3.8) is 0 Å². The van der Waals surface area contributed by atoms with E-state index in [4.69, 9.17) is 4.98 Å². The van der Waals surface area contributed by atoms with Crippen LogP contribution in [-0.4, -0.2) is 20.7 Å². The van der Waals surface area contributed by atoms with Crippen LogP contribution in [0.5, 0.6) is 0 Å². The predicted molar refractivity (Wildman–Crippen MR) is 98.6 cm³/mol. The summed E-state index contributed by atoms with van der Waals surface area (Å²) >= 11 is 0. The Morgan fingerprint density at radius 1 is 0.960 bits per heavy atom. The maximum Gasteiger partial charge on any atom is 0.279 e. The lowest BCUT2D eigenvalue weighted by Gasteiger charge is -2.14. The third-order valence-electron chi connectivity index (χ3n) is 4.39. The highest BCUT2D eigenvalue weighted by molar-refractivity contribution is 6.09. The first-order valence-corrected chi connectivity index (χ1v) is 8.16. The Kier molecular flexibility index (Phi) is 3.65. The van der Waals surface area contributed by atoms with Crippen molar-refractivity contribution in [2.75, 3.05) is 0 Å². The molecule has 2 aromatic heterocycles. The molecule has 122 valence electrons. The summed E-state index contributed by atoms with van der Waals surface area (Å²) in [6, 6.07) is 17.7. The van der Waals surface area contributed by atoms with Crippen LogP contribution in [0, 0.1) is 13.8 Å². The van der Waals surface area contributed by atoms with Gasteiger partial charge in [-0.2, -0.15) is 5.10 Å². The van der Waals surface area contributed by atoms with Gasteiger partial charge in [0.15, 0.2) is 0 Å². The van der Waals surface area contributed by atoms with E-state index in [0.29, 0.717) is 5.56 Å². The van der Waals surface area contributed by atoms with E-state index < -0.39 is 0 Å². The molecular formula is C21H17N3O. The van der Waals surface area contributed by atoms with Gasteiger partial charge in [0.2, 0.25) is 0 Å². The van der Waals surface area contributed by atoms with Crippen LogP contribution in [-0.2, 0) is 0 Å². The zero-order valence-corrected chi connectivity index (χ0v) is 14.1. The smallest absolute Gasteiger partial charge is 0.267 e. The molecule has 0 saturated heterocycles. The van der Waals surface area contributed by atoms with Gasteiger partial charge in [-0.3, -0.25) is 4.79 Å². The van der Waals surface area contributed by atoms with Crippen LogP contribution in [0.25, 0.3) is 22.2 Å². The third-order valence-corrected chi connectivity index (χ3v) is 4.39. The van der Waals surface area contributed by atoms with Gasteiger partial charge in [0.1, 0.15) is 0 Å². The minimum Gasteiger partial charge on any atom is -0.267 e. The fourth-order valence-corrected chi connectivity index (χ4v) is 3.08. The third kappa shape index (κ3) is 2.62. The molecule has 0 aliphatic carbocycles. The Hall–Kier alpha value is -3.27. The summed E-state index contributed by atoms with van der Waals surface area (Å²) in [5, 5.41) is 4.95. The van der Waals surface area contributed by atoms with Gasteiger partial charge in [0, 0.05) is 23.3 Å². The van der Waals surface area contributed by atoms with E-state index in [1.807, 2.05) is 43.3 Å². The van der Waals surface area contributed by atoms with E-state index in [0.717, 1.165) is 27.7 Å². The first-order valence-electron chi connectivity index (χ1n) is 8.16. The lowest BCUT2D eigenvalue weighted by molar-refractivity contribution is 0.0946. The van der Waals surface area contributed by atoms with Crippen molar-refractivity contribution in [3.8, 4) is 11.3 Å². The summed E-state index contributed by atoms with van der Waals surface area (Å²) < 4.78 is 1.37. The standard InChI is InChI=1S/C21H17N3O/c1-14-8-10-16(11-9-14)20-15(2)19(21(25)24-13-5-12-22-24)17-6-3-4-7-18(17)23-20/h3-13H,1-2H3. The molecule has 0 N–H and O–H groups in total. The maximum absolute atomic E-state index is 13.1. The lowest BCUT2D eigenvalue weighted by Crippen LogP contribution is -2.15. The number of fused-ring (bicyclic) bond motifs is 1. The zero-order valence-electron chi connectivity index (χ0n) is 14.1. The Morgan fingerprint density at radius 2 is 1.72 bits per heavy atom. The Bertz CT molecular complexity index is 1060. The quantitative estimate of drug-likeness (QED) is 0.548. The van der Waals surface area contributed by atoms with E-state index in [1.54, 1.807) is 18.5 Å². The van der Waals surface area contributed by atoms with Gasteiger partial charge in [-0.15, -0.1) is 0 Å². The minimum absolute atomic E-state index is 0.144. The van der Waals surface area contributed by atoms with Gasteiger partial charge in [-0.25, -0.2) is 9.67 Å². The monoisotopic (exact) mass is 327 g/mol. The molecule has 4 nitrogen and oxygen atoms in total. The molecular weight excluding hydrogens is 310 g/mol. The number of carbonyl (C=O) groups is 1. The number of carbonyl (C=O) groups excluding carboxylic acids is 1.